The maximum absolute atomic E-state index is 12.6. The number of carboxylic acids is 1. The molecule has 128 valence electrons. The summed E-state index contributed by atoms with van der Waals surface area (Å²) in [6.07, 6.45) is 0.0577. The molecule has 3 aromatic rings. The molecule has 3 aromatic carbocycles. The third-order valence-corrected chi connectivity index (χ3v) is 4.72. The molecule has 1 aliphatic heterocycles. The summed E-state index contributed by atoms with van der Waals surface area (Å²) in [4.78, 5) is 38.1. The van der Waals surface area contributed by atoms with Crippen molar-refractivity contribution in [2.45, 2.75) is 12.5 Å². The highest BCUT2D eigenvalue weighted by Gasteiger charge is 2.42. The van der Waals surface area contributed by atoms with E-state index in [2.05, 4.69) is 0 Å². The molecule has 4 rings (SSSR count). The van der Waals surface area contributed by atoms with Gasteiger partial charge in [-0.3, -0.25) is 14.5 Å². The van der Waals surface area contributed by atoms with Crippen LogP contribution < -0.4 is 0 Å². The summed E-state index contributed by atoms with van der Waals surface area (Å²) in [7, 11) is 0. The minimum Gasteiger partial charge on any atom is -0.480 e. The van der Waals surface area contributed by atoms with Crippen LogP contribution in [0.3, 0.4) is 0 Å². The maximum atomic E-state index is 12.6. The Balaban J connectivity index is 1.75. The van der Waals surface area contributed by atoms with Gasteiger partial charge in [-0.25, -0.2) is 4.79 Å². The summed E-state index contributed by atoms with van der Waals surface area (Å²) in [6, 6.07) is 18.4. The van der Waals surface area contributed by atoms with Crippen LogP contribution in [-0.2, 0) is 11.2 Å². The largest absolute Gasteiger partial charge is 0.480 e. The molecule has 0 radical (unpaired) electrons. The van der Waals surface area contributed by atoms with Crippen molar-refractivity contribution in [2.75, 3.05) is 0 Å². The topological polar surface area (TPSA) is 74.7 Å². The van der Waals surface area contributed by atoms with Crippen molar-refractivity contribution in [3.63, 3.8) is 0 Å². The van der Waals surface area contributed by atoms with E-state index < -0.39 is 23.8 Å². The molecule has 0 saturated heterocycles. The van der Waals surface area contributed by atoms with Gasteiger partial charge in [0, 0.05) is 6.42 Å². The van der Waals surface area contributed by atoms with Crippen LogP contribution in [0, 0.1) is 0 Å². The number of nitrogens with zero attached hydrogens (tertiary/aromatic N) is 1. The molecule has 0 bridgehead atoms. The van der Waals surface area contributed by atoms with Gasteiger partial charge >= 0.3 is 5.97 Å². The normalized spacial score (nSPS) is 14.5. The van der Waals surface area contributed by atoms with Crippen molar-refractivity contribution in [1.29, 1.82) is 0 Å². The predicted molar refractivity (Wildman–Crippen MR) is 96.0 cm³/mol. The van der Waals surface area contributed by atoms with Crippen molar-refractivity contribution in [2.24, 2.45) is 0 Å². The van der Waals surface area contributed by atoms with Crippen LogP contribution in [0.2, 0.25) is 0 Å². The maximum Gasteiger partial charge on any atom is 0.327 e. The average Bonchev–Trinajstić information content (AvgIpc) is 2.91. The number of carbonyl (C=O) groups excluding carboxylic acids is 2. The van der Waals surface area contributed by atoms with Gasteiger partial charge in [-0.1, -0.05) is 54.6 Å². The van der Waals surface area contributed by atoms with E-state index in [1.54, 1.807) is 24.3 Å². The lowest BCUT2D eigenvalue weighted by molar-refractivity contribution is -0.141. The minimum atomic E-state index is -1.26. The first-order valence-electron chi connectivity index (χ1n) is 8.24. The fraction of sp³-hybridized carbons (Fsp3) is 0.0952. The molecule has 0 saturated carbocycles. The molecule has 1 aliphatic rings. The van der Waals surface area contributed by atoms with Gasteiger partial charge in [0.05, 0.1) is 11.1 Å². The van der Waals surface area contributed by atoms with Crippen molar-refractivity contribution in [3.8, 4) is 0 Å². The molecular formula is C21H15NO4. The van der Waals surface area contributed by atoms with Gasteiger partial charge in [-0.05, 0) is 28.5 Å². The number of aliphatic carboxylic acids is 1. The van der Waals surface area contributed by atoms with Gasteiger partial charge in [0.15, 0.2) is 0 Å². The lowest BCUT2D eigenvalue weighted by Gasteiger charge is -2.23. The standard InChI is InChI=1S/C21H15NO4/c23-19-16-10-3-4-11-17(16)20(24)22(19)18(21(25)26)12-14-8-5-7-13-6-1-2-9-15(13)14/h1-11,18H,12H2,(H,25,26). The Morgan fingerprint density at radius 2 is 1.42 bits per heavy atom. The zero-order chi connectivity index (χ0) is 18.3. The molecule has 1 unspecified atom stereocenters. The lowest BCUT2D eigenvalue weighted by Crippen LogP contribution is -2.46. The van der Waals surface area contributed by atoms with E-state index in [0.29, 0.717) is 0 Å². The molecule has 5 nitrogen and oxygen atoms in total. The Morgan fingerprint density at radius 1 is 0.846 bits per heavy atom. The number of rotatable bonds is 4. The Morgan fingerprint density at radius 3 is 2.08 bits per heavy atom. The quantitative estimate of drug-likeness (QED) is 0.737. The molecule has 0 fully saturated rings. The summed E-state index contributed by atoms with van der Waals surface area (Å²) in [5.74, 6) is -2.32. The summed E-state index contributed by atoms with van der Waals surface area (Å²) in [5.41, 5.74) is 1.29. The molecule has 26 heavy (non-hydrogen) atoms. The molecule has 1 N–H and O–H groups in total. The fourth-order valence-electron chi connectivity index (χ4n) is 3.46. The van der Waals surface area contributed by atoms with E-state index in [1.165, 1.54) is 0 Å². The van der Waals surface area contributed by atoms with Crippen molar-refractivity contribution in [3.05, 3.63) is 83.4 Å². The highest BCUT2D eigenvalue weighted by Crippen LogP contribution is 2.27. The monoisotopic (exact) mass is 345 g/mol. The number of carboxylic acid groups (broad SMARTS) is 1. The Kier molecular flexibility index (Phi) is 3.77. The molecule has 0 aromatic heterocycles. The van der Waals surface area contributed by atoms with Crippen molar-refractivity contribution in [1.82, 2.24) is 4.90 Å². The SMILES string of the molecule is O=C(O)C(Cc1cccc2ccccc12)N1C(=O)c2ccccc2C1=O. The first-order chi connectivity index (χ1) is 12.6. The van der Waals surface area contributed by atoms with Gasteiger partial charge in [-0.15, -0.1) is 0 Å². The highest BCUT2D eigenvalue weighted by molar-refractivity contribution is 6.22. The first-order valence-corrected chi connectivity index (χ1v) is 8.24. The number of carbonyl (C=O) groups is 3. The van der Waals surface area contributed by atoms with Crippen LogP contribution in [0.4, 0.5) is 0 Å². The zero-order valence-electron chi connectivity index (χ0n) is 13.8. The zero-order valence-corrected chi connectivity index (χ0v) is 13.8. The number of benzene rings is 3. The van der Waals surface area contributed by atoms with Crippen LogP contribution in [0.25, 0.3) is 10.8 Å². The van der Waals surface area contributed by atoms with E-state index >= 15 is 0 Å². The molecule has 5 heteroatoms. The lowest BCUT2D eigenvalue weighted by atomic mass is 9.98. The van der Waals surface area contributed by atoms with Crippen LogP contribution in [0.1, 0.15) is 26.3 Å². The summed E-state index contributed by atoms with van der Waals surface area (Å²) < 4.78 is 0. The van der Waals surface area contributed by atoms with E-state index in [9.17, 15) is 19.5 Å². The van der Waals surface area contributed by atoms with E-state index in [0.717, 1.165) is 21.2 Å². The Bertz CT molecular complexity index is 1020. The van der Waals surface area contributed by atoms with Crippen LogP contribution in [0.5, 0.6) is 0 Å². The van der Waals surface area contributed by atoms with Gasteiger partial charge in [0.25, 0.3) is 11.8 Å². The van der Waals surface area contributed by atoms with Crippen molar-refractivity contribution >= 4 is 28.6 Å². The minimum absolute atomic E-state index is 0.0577. The van der Waals surface area contributed by atoms with Crippen LogP contribution in [-0.4, -0.2) is 33.8 Å². The number of hydrogen-bond donors (Lipinski definition) is 1. The van der Waals surface area contributed by atoms with Gasteiger partial charge in [-0.2, -0.15) is 0 Å². The first kappa shape index (κ1) is 16.0. The third kappa shape index (κ3) is 2.45. The number of imide groups is 1. The second kappa shape index (κ2) is 6.11. The fourth-order valence-corrected chi connectivity index (χ4v) is 3.46. The van der Waals surface area contributed by atoms with Crippen molar-refractivity contribution < 1.29 is 19.5 Å². The van der Waals surface area contributed by atoms with E-state index in [4.69, 9.17) is 0 Å². The number of fused-ring (bicyclic) bond motifs is 2. The molecule has 2 amide bonds. The smallest absolute Gasteiger partial charge is 0.327 e. The summed E-state index contributed by atoms with van der Waals surface area (Å²) >= 11 is 0. The van der Waals surface area contributed by atoms with Gasteiger partial charge in [0.1, 0.15) is 6.04 Å². The molecular weight excluding hydrogens is 330 g/mol. The average molecular weight is 345 g/mol. The molecule has 1 heterocycles. The van der Waals surface area contributed by atoms with Crippen LogP contribution in [0.15, 0.2) is 66.7 Å². The number of hydrogen-bond acceptors (Lipinski definition) is 3. The van der Waals surface area contributed by atoms with Gasteiger partial charge < -0.3 is 5.11 Å². The Hall–Kier alpha value is -3.47. The van der Waals surface area contributed by atoms with Gasteiger partial charge in [0.2, 0.25) is 0 Å². The van der Waals surface area contributed by atoms with E-state index in [-0.39, 0.29) is 17.5 Å². The summed E-state index contributed by atoms with van der Waals surface area (Å²) in [5, 5.41) is 11.6. The second-order valence-electron chi connectivity index (χ2n) is 6.22. The Labute approximate surface area is 149 Å². The molecule has 0 spiro atoms. The third-order valence-electron chi connectivity index (χ3n) is 4.72. The van der Waals surface area contributed by atoms with Crippen LogP contribution >= 0.6 is 0 Å². The predicted octanol–water partition coefficient (Wildman–Crippen LogP) is 3.13. The number of amides is 2. The highest BCUT2D eigenvalue weighted by atomic mass is 16.4. The molecule has 0 aliphatic carbocycles. The second-order valence-corrected chi connectivity index (χ2v) is 6.22. The van der Waals surface area contributed by atoms with E-state index in [1.807, 2.05) is 42.5 Å². The summed E-state index contributed by atoms with van der Waals surface area (Å²) in [6.45, 7) is 0. The molecule has 1 atom stereocenters.